The monoisotopic (exact) mass is 339 g/mol. The molecule has 1 aromatic heterocycles. The lowest BCUT2D eigenvalue weighted by Gasteiger charge is -2.31. The van der Waals surface area contributed by atoms with Crippen molar-refractivity contribution in [3.63, 3.8) is 0 Å². The number of aliphatic hydroxyl groups is 1. The number of furan rings is 1. The lowest BCUT2D eigenvalue weighted by Crippen LogP contribution is -2.43. The lowest BCUT2D eigenvalue weighted by molar-refractivity contribution is 0.0316. The van der Waals surface area contributed by atoms with Crippen molar-refractivity contribution in [3.8, 4) is 11.3 Å². The van der Waals surface area contributed by atoms with Gasteiger partial charge >= 0.3 is 0 Å². The molecule has 6 heteroatoms. The minimum atomic E-state index is -0.668. The number of thioether (sulfide) groups is 1. The summed E-state index contributed by atoms with van der Waals surface area (Å²) in [6, 6.07) is 6.98. The van der Waals surface area contributed by atoms with Crippen molar-refractivity contribution in [2.45, 2.75) is 25.0 Å². The highest BCUT2D eigenvalue weighted by molar-refractivity contribution is 7.99. The molecular formula is C17H19F2NO2S. The van der Waals surface area contributed by atoms with E-state index in [-0.39, 0.29) is 11.3 Å². The molecule has 2 aromatic rings. The molecule has 0 bridgehead atoms. The summed E-state index contributed by atoms with van der Waals surface area (Å²) in [5.41, 5.74) is -0.820. The van der Waals surface area contributed by atoms with Crippen LogP contribution in [0.5, 0.6) is 0 Å². The fourth-order valence-corrected chi connectivity index (χ4v) is 3.94. The SMILES string of the molecule is OC1(CNCc2ccc(-c3c(F)cccc3F)o2)CCSCC1. The molecule has 23 heavy (non-hydrogen) atoms. The van der Waals surface area contributed by atoms with Gasteiger partial charge in [-0.15, -0.1) is 0 Å². The van der Waals surface area contributed by atoms with E-state index in [1.54, 1.807) is 12.1 Å². The quantitative estimate of drug-likeness (QED) is 0.874. The fraction of sp³-hybridized carbons (Fsp3) is 0.412. The van der Waals surface area contributed by atoms with Crippen LogP contribution in [0.4, 0.5) is 8.78 Å². The third-order valence-electron chi connectivity index (χ3n) is 4.05. The molecule has 0 radical (unpaired) electrons. The fourth-order valence-electron chi connectivity index (χ4n) is 2.69. The first-order valence-corrected chi connectivity index (χ1v) is 8.77. The average molecular weight is 339 g/mol. The van der Waals surface area contributed by atoms with Crippen LogP contribution in [0.3, 0.4) is 0 Å². The molecule has 1 aliphatic rings. The Balaban J connectivity index is 1.61. The maximum absolute atomic E-state index is 13.7. The Bertz CT molecular complexity index is 648. The van der Waals surface area contributed by atoms with Gasteiger partial charge in [0.2, 0.25) is 0 Å². The molecule has 0 atom stereocenters. The summed E-state index contributed by atoms with van der Waals surface area (Å²) in [5, 5.41) is 13.6. The Labute approximate surface area is 138 Å². The summed E-state index contributed by atoms with van der Waals surface area (Å²) in [7, 11) is 0. The van der Waals surface area contributed by atoms with Gasteiger partial charge in [0.05, 0.1) is 17.7 Å². The molecule has 3 rings (SSSR count). The van der Waals surface area contributed by atoms with Gasteiger partial charge in [0.25, 0.3) is 0 Å². The van der Waals surface area contributed by atoms with Gasteiger partial charge in [0, 0.05) is 6.54 Å². The predicted octanol–water partition coefficient (Wildman–Crippen LogP) is 3.57. The topological polar surface area (TPSA) is 45.4 Å². The van der Waals surface area contributed by atoms with Gasteiger partial charge in [-0.1, -0.05) is 6.07 Å². The van der Waals surface area contributed by atoms with Gasteiger partial charge in [-0.3, -0.25) is 0 Å². The molecular weight excluding hydrogens is 320 g/mol. The predicted molar refractivity (Wildman–Crippen MR) is 87.3 cm³/mol. The number of benzene rings is 1. The number of hydrogen-bond donors (Lipinski definition) is 2. The van der Waals surface area contributed by atoms with Gasteiger partial charge in [-0.05, 0) is 48.6 Å². The second kappa shape index (κ2) is 7.03. The summed E-state index contributed by atoms with van der Waals surface area (Å²) in [6.45, 7) is 0.892. The summed E-state index contributed by atoms with van der Waals surface area (Å²) >= 11 is 1.85. The third-order valence-corrected chi connectivity index (χ3v) is 5.03. The van der Waals surface area contributed by atoms with Gasteiger partial charge in [-0.25, -0.2) is 8.78 Å². The average Bonchev–Trinajstić information content (AvgIpc) is 2.96. The van der Waals surface area contributed by atoms with Crippen LogP contribution in [0.2, 0.25) is 0 Å². The van der Waals surface area contributed by atoms with Crippen LogP contribution < -0.4 is 5.32 Å². The van der Waals surface area contributed by atoms with Crippen molar-refractivity contribution in [1.82, 2.24) is 5.32 Å². The molecule has 3 nitrogen and oxygen atoms in total. The van der Waals surface area contributed by atoms with E-state index in [4.69, 9.17) is 4.42 Å². The van der Waals surface area contributed by atoms with Crippen LogP contribution in [-0.4, -0.2) is 28.8 Å². The first-order valence-electron chi connectivity index (χ1n) is 7.61. The van der Waals surface area contributed by atoms with E-state index >= 15 is 0 Å². The van der Waals surface area contributed by atoms with Crippen molar-refractivity contribution in [2.75, 3.05) is 18.1 Å². The number of halogens is 2. The van der Waals surface area contributed by atoms with Crippen LogP contribution >= 0.6 is 11.8 Å². The Kier molecular flexibility index (Phi) is 5.04. The highest BCUT2D eigenvalue weighted by Crippen LogP contribution is 2.28. The van der Waals surface area contributed by atoms with Crippen molar-refractivity contribution in [3.05, 3.63) is 47.7 Å². The zero-order valence-corrected chi connectivity index (χ0v) is 13.5. The van der Waals surface area contributed by atoms with E-state index in [9.17, 15) is 13.9 Å². The zero-order valence-electron chi connectivity index (χ0n) is 12.6. The number of nitrogens with one attached hydrogen (secondary N) is 1. The zero-order chi connectivity index (χ0) is 16.3. The summed E-state index contributed by atoms with van der Waals surface area (Å²) in [5.74, 6) is 1.40. The number of rotatable bonds is 5. The molecule has 0 amide bonds. The number of hydrogen-bond acceptors (Lipinski definition) is 4. The first kappa shape index (κ1) is 16.5. The summed E-state index contributed by atoms with van der Waals surface area (Å²) in [4.78, 5) is 0. The maximum Gasteiger partial charge on any atom is 0.140 e. The van der Waals surface area contributed by atoms with Crippen LogP contribution in [0, 0.1) is 11.6 Å². The summed E-state index contributed by atoms with van der Waals surface area (Å²) in [6.07, 6.45) is 1.54. The molecule has 2 heterocycles. The second-order valence-corrected chi connectivity index (χ2v) is 7.03. The van der Waals surface area contributed by atoms with Crippen LogP contribution in [0.1, 0.15) is 18.6 Å². The molecule has 0 saturated carbocycles. The van der Waals surface area contributed by atoms with Gasteiger partial charge in [0.1, 0.15) is 23.2 Å². The standard InChI is InChI=1S/C17H19F2NO2S/c18-13-2-1-3-14(19)16(13)15-5-4-12(22-15)10-20-11-17(21)6-8-23-9-7-17/h1-5,20-21H,6-11H2. The molecule has 1 aliphatic heterocycles. The normalized spacial score (nSPS) is 17.3. The minimum Gasteiger partial charge on any atom is -0.460 e. The van der Waals surface area contributed by atoms with Gasteiger partial charge in [0.15, 0.2) is 0 Å². The molecule has 2 N–H and O–H groups in total. The highest BCUT2D eigenvalue weighted by atomic mass is 32.2. The van der Waals surface area contributed by atoms with Crippen LogP contribution in [0.25, 0.3) is 11.3 Å². The van der Waals surface area contributed by atoms with Gasteiger partial charge < -0.3 is 14.8 Å². The van der Waals surface area contributed by atoms with E-state index in [0.29, 0.717) is 18.8 Å². The van der Waals surface area contributed by atoms with E-state index in [1.165, 1.54) is 18.2 Å². The Hall–Kier alpha value is -1.37. The summed E-state index contributed by atoms with van der Waals surface area (Å²) < 4.78 is 33.0. The van der Waals surface area contributed by atoms with Crippen LogP contribution in [-0.2, 0) is 6.54 Å². The molecule has 124 valence electrons. The molecule has 1 aromatic carbocycles. The highest BCUT2D eigenvalue weighted by Gasteiger charge is 2.28. The molecule has 0 spiro atoms. The van der Waals surface area contributed by atoms with Crippen molar-refractivity contribution in [2.24, 2.45) is 0 Å². The minimum absolute atomic E-state index is 0.151. The molecule has 0 unspecified atom stereocenters. The van der Waals surface area contributed by atoms with Crippen molar-refractivity contribution >= 4 is 11.8 Å². The third kappa shape index (κ3) is 3.94. The van der Waals surface area contributed by atoms with Gasteiger partial charge in [-0.2, -0.15) is 11.8 Å². The van der Waals surface area contributed by atoms with Crippen molar-refractivity contribution < 1.29 is 18.3 Å². The van der Waals surface area contributed by atoms with E-state index in [0.717, 1.165) is 24.3 Å². The first-order chi connectivity index (χ1) is 11.1. The molecule has 0 aliphatic carbocycles. The lowest BCUT2D eigenvalue weighted by atomic mass is 9.97. The van der Waals surface area contributed by atoms with Crippen molar-refractivity contribution in [1.29, 1.82) is 0 Å². The Morgan fingerprint density at radius 3 is 2.52 bits per heavy atom. The largest absolute Gasteiger partial charge is 0.460 e. The second-order valence-electron chi connectivity index (χ2n) is 5.80. The molecule has 1 saturated heterocycles. The smallest absolute Gasteiger partial charge is 0.140 e. The van der Waals surface area contributed by atoms with Crippen LogP contribution in [0.15, 0.2) is 34.7 Å². The maximum atomic E-state index is 13.7. The Morgan fingerprint density at radius 1 is 1.13 bits per heavy atom. The Morgan fingerprint density at radius 2 is 1.83 bits per heavy atom. The molecule has 1 fully saturated rings. The van der Waals surface area contributed by atoms with E-state index in [1.807, 2.05) is 11.8 Å². The van der Waals surface area contributed by atoms with E-state index in [2.05, 4.69) is 5.32 Å². The van der Waals surface area contributed by atoms with E-state index < -0.39 is 17.2 Å².